The number of nitrogens with zero attached hydrogens (tertiary/aromatic N) is 1. The van der Waals surface area contributed by atoms with E-state index in [1.807, 2.05) is 25.1 Å². The lowest BCUT2D eigenvalue weighted by Crippen LogP contribution is -2.37. The molecule has 3 rings (SSSR count). The van der Waals surface area contributed by atoms with Crippen LogP contribution in [0.2, 0.25) is 10.0 Å². The van der Waals surface area contributed by atoms with Crippen LogP contribution in [0.25, 0.3) is 5.57 Å². The Morgan fingerprint density at radius 2 is 1.94 bits per heavy atom. The fraction of sp³-hybridized carbons (Fsp3) is 0.346. The number of carboxylic acids is 1. The molecule has 2 aromatic rings. The van der Waals surface area contributed by atoms with E-state index in [1.165, 1.54) is 6.21 Å². The first kappa shape index (κ1) is 25.8. The lowest BCUT2D eigenvalue weighted by atomic mass is 9.80. The van der Waals surface area contributed by atoms with Gasteiger partial charge in [0.1, 0.15) is 0 Å². The van der Waals surface area contributed by atoms with E-state index in [-0.39, 0.29) is 27.4 Å². The second-order valence-corrected chi connectivity index (χ2v) is 9.27. The maximum absolute atomic E-state index is 13.4. The van der Waals surface area contributed by atoms with Crippen LogP contribution in [0.15, 0.2) is 36.5 Å². The molecule has 1 aliphatic heterocycles. The van der Waals surface area contributed by atoms with E-state index in [0.29, 0.717) is 30.6 Å². The highest BCUT2D eigenvalue weighted by Gasteiger charge is 2.30. The molecule has 1 aliphatic rings. The first-order valence-corrected chi connectivity index (χ1v) is 12.0. The number of amides is 1. The van der Waals surface area contributed by atoms with E-state index < -0.39 is 11.9 Å². The summed E-state index contributed by atoms with van der Waals surface area (Å²) in [5.41, 5.74) is 4.67. The second-order valence-electron chi connectivity index (χ2n) is 8.45. The molecule has 0 saturated heterocycles. The van der Waals surface area contributed by atoms with Gasteiger partial charge in [-0.1, -0.05) is 55.2 Å². The zero-order valence-electron chi connectivity index (χ0n) is 19.5. The fourth-order valence-electron chi connectivity index (χ4n) is 4.64. The van der Waals surface area contributed by atoms with Gasteiger partial charge in [-0.2, -0.15) is 0 Å². The molecule has 0 aliphatic carbocycles. The number of hydrogen-bond acceptors (Lipinski definition) is 4. The Kier molecular flexibility index (Phi) is 8.39. The number of carbonyl (C=O) groups excluding carboxylic acids is 1. The number of nitrogens with one attached hydrogen (secondary N) is 2. The molecule has 1 amide bonds. The van der Waals surface area contributed by atoms with Crippen LogP contribution < -0.4 is 5.32 Å². The third-order valence-electron chi connectivity index (χ3n) is 6.47. The van der Waals surface area contributed by atoms with Crippen molar-refractivity contribution in [2.45, 2.75) is 39.2 Å². The predicted octanol–water partition coefficient (Wildman–Crippen LogP) is 5.62. The number of allylic oxidation sites excluding steroid dienone is 1. The molecule has 2 atom stereocenters. The number of hydrogen-bond donors (Lipinski definition) is 3. The lowest BCUT2D eigenvalue weighted by molar-refractivity contribution is -0.141. The van der Waals surface area contributed by atoms with E-state index in [9.17, 15) is 14.7 Å². The van der Waals surface area contributed by atoms with E-state index in [0.717, 1.165) is 23.1 Å². The Hall–Kier alpha value is -2.83. The van der Waals surface area contributed by atoms with Gasteiger partial charge in [-0.15, -0.1) is 0 Å². The highest BCUT2D eigenvalue weighted by molar-refractivity contribution is 6.40. The van der Waals surface area contributed by atoms with Crippen molar-refractivity contribution >= 4 is 46.9 Å². The zero-order chi connectivity index (χ0) is 25.0. The lowest BCUT2D eigenvalue weighted by Gasteiger charge is -2.33. The topological polar surface area (TPSA) is 93.5 Å². The summed E-state index contributed by atoms with van der Waals surface area (Å²) in [5, 5.41) is 20.5. The minimum atomic E-state index is -0.805. The average molecular weight is 502 g/mol. The quantitative estimate of drug-likeness (QED) is 0.409. The van der Waals surface area contributed by atoms with Crippen LogP contribution in [0, 0.1) is 11.3 Å². The van der Waals surface area contributed by atoms with Gasteiger partial charge in [0, 0.05) is 38.1 Å². The van der Waals surface area contributed by atoms with Gasteiger partial charge in [-0.05, 0) is 53.1 Å². The van der Waals surface area contributed by atoms with Gasteiger partial charge in [-0.25, -0.2) is 0 Å². The highest BCUT2D eigenvalue weighted by Crippen LogP contribution is 2.36. The van der Waals surface area contributed by atoms with Crippen molar-refractivity contribution in [1.29, 1.82) is 5.41 Å². The third kappa shape index (κ3) is 5.13. The minimum Gasteiger partial charge on any atom is -0.481 e. The average Bonchev–Trinajstić information content (AvgIpc) is 2.81. The van der Waals surface area contributed by atoms with Gasteiger partial charge in [-0.3, -0.25) is 9.59 Å². The van der Waals surface area contributed by atoms with Gasteiger partial charge in [0.25, 0.3) is 5.91 Å². The van der Waals surface area contributed by atoms with Crippen LogP contribution in [0.3, 0.4) is 0 Å². The van der Waals surface area contributed by atoms with Gasteiger partial charge in [0.2, 0.25) is 0 Å². The number of carboxylic acid groups (broad SMARTS) is 1. The Balaban J connectivity index is 1.91. The van der Waals surface area contributed by atoms with Crippen molar-refractivity contribution in [2.75, 3.05) is 13.6 Å². The minimum absolute atomic E-state index is 0.0835. The van der Waals surface area contributed by atoms with E-state index in [2.05, 4.69) is 5.32 Å². The fourth-order valence-corrected chi connectivity index (χ4v) is 5.29. The summed E-state index contributed by atoms with van der Waals surface area (Å²) in [5.74, 6) is -1.63. The highest BCUT2D eigenvalue weighted by atomic mass is 35.5. The summed E-state index contributed by atoms with van der Waals surface area (Å²) in [6.45, 7) is 4.64. The molecule has 0 unspecified atom stereocenters. The number of halogens is 2. The van der Waals surface area contributed by atoms with Gasteiger partial charge < -0.3 is 20.7 Å². The number of rotatable bonds is 8. The van der Waals surface area contributed by atoms with Crippen LogP contribution >= 0.6 is 23.2 Å². The van der Waals surface area contributed by atoms with Crippen LogP contribution in [-0.4, -0.2) is 41.7 Å². The van der Waals surface area contributed by atoms with Crippen molar-refractivity contribution in [3.8, 4) is 0 Å². The number of fused-ring (bicyclic) bond motifs is 1. The van der Waals surface area contributed by atoms with Crippen molar-refractivity contribution in [2.24, 2.45) is 5.92 Å². The Bertz CT molecular complexity index is 1120. The van der Waals surface area contributed by atoms with Crippen LogP contribution in [0.1, 0.15) is 58.8 Å². The smallest absolute Gasteiger partial charge is 0.306 e. The third-order valence-corrected chi connectivity index (χ3v) is 7.06. The SMILES string of the molecule is CC[C@@H](c1cccc2c1CCN(C(=O)c1c(Cl)cc(/C(C=N)=C/NC)cc1Cl)C2)[C@H](C)C(=O)O. The molecule has 0 spiro atoms. The molecule has 1 heterocycles. The molecule has 2 aromatic carbocycles. The number of aliphatic carboxylic acids is 1. The molecule has 3 N–H and O–H groups in total. The number of carbonyl (C=O) groups is 2. The molecule has 8 heteroatoms. The molecule has 0 fully saturated rings. The molecule has 0 radical (unpaired) electrons. The van der Waals surface area contributed by atoms with Crippen LogP contribution in [0.5, 0.6) is 0 Å². The maximum Gasteiger partial charge on any atom is 0.306 e. The van der Waals surface area contributed by atoms with Gasteiger partial charge >= 0.3 is 5.97 Å². The first-order chi connectivity index (χ1) is 16.2. The summed E-state index contributed by atoms with van der Waals surface area (Å²) in [4.78, 5) is 26.8. The molecule has 6 nitrogen and oxygen atoms in total. The molecular formula is C26H29Cl2N3O3. The van der Waals surface area contributed by atoms with E-state index in [1.54, 1.807) is 37.2 Å². The van der Waals surface area contributed by atoms with E-state index >= 15 is 0 Å². The maximum atomic E-state index is 13.4. The van der Waals surface area contributed by atoms with Crippen LogP contribution in [-0.2, 0) is 17.8 Å². The van der Waals surface area contributed by atoms with E-state index in [4.69, 9.17) is 28.6 Å². The summed E-state index contributed by atoms with van der Waals surface area (Å²) >= 11 is 13.0. The molecule has 0 bridgehead atoms. The summed E-state index contributed by atoms with van der Waals surface area (Å²) in [7, 11) is 1.73. The van der Waals surface area contributed by atoms with Gasteiger partial charge in [0.05, 0.1) is 21.5 Å². The normalized spacial score (nSPS) is 15.3. The van der Waals surface area contributed by atoms with Crippen molar-refractivity contribution < 1.29 is 14.7 Å². The molecule has 0 saturated carbocycles. The molecular weight excluding hydrogens is 473 g/mol. The second kappa shape index (κ2) is 11.1. The summed E-state index contributed by atoms with van der Waals surface area (Å²) in [6, 6.07) is 9.22. The Morgan fingerprint density at radius 3 is 2.50 bits per heavy atom. The predicted molar refractivity (Wildman–Crippen MR) is 137 cm³/mol. The van der Waals surface area contributed by atoms with Crippen molar-refractivity contribution in [1.82, 2.24) is 10.2 Å². The summed E-state index contributed by atoms with van der Waals surface area (Å²) in [6.07, 6.45) is 4.21. The zero-order valence-corrected chi connectivity index (χ0v) is 21.0. The molecule has 0 aromatic heterocycles. The standard InChI is InChI=1S/C26H29Cl2N3O3/c1-4-19(15(2)26(33)34)21-7-5-6-16-14-31(9-8-20(16)21)25(32)24-22(27)10-17(11-23(24)28)18(12-29)13-30-3/h5-7,10-13,15,19,29-30H,4,8-9,14H2,1-3H3,(H,33,34)/b18-13+,29-12?/t15-,19+/m0/s1. The Morgan fingerprint density at radius 1 is 1.26 bits per heavy atom. The largest absolute Gasteiger partial charge is 0.481 e. The summed E-state index contributed by atoms with van der Waals surface area (Å²) < 4.78 is 0. The number of benzene rings is 2. The van der Waals surface area contributed by atoms with Gasteiger partial charge in [0.15, 0.2) is 0 Å². The van der Waals surface area contributed by atoms with Crippen LogP contribution in [0.4, 0.5) is 0 Å². The monoisotopic (exact) mass is 501 g/mol. The molecule has 180 valence electrons. The van der Waals surface area contributed by atoms with Crippen molar-refractivity contribution in [3.05, 3.63) is 74.4 Å². The molecule has 34 heavy (non-hydrogen) atoms. The Labute approximate surface area is 210 Å². The van der Waals surface area contributed by atoms with Crippen molar-refractivity contribution in [3.63, 3.8) is 0 Å². The first-order valence-electron chi connectivity index (χ1n) is 11.2.